The van der Waals surface area contributed by atoms with Gasteiger partial charge in [0.05, 0.1) is 24.9 Å². The molecule has 1 heterocycles. The van der Waals surface area contributed by atoms with Crippen LogP contribution in [0.4, 0.5) is 5.69 Å². The van der Waals surface area contributed by atoms with Crippen molar-refractivity contribution in [2.45, 2.75) is 13.5 Å². The molecule has 0 unspecified atom stereocenters. The Morgan fingerprint density at radius 3 is 2.34 bits per heavy atom. The van der Waals surface area contributed by atoms with Crippen molar-refractivity contribution in [3.05, 3.63) is 70.2 Å². The zero-order chi connectivity index (χ0) is 20.6. The monoisotopic (exact) mass is 410 g/mol. The molecule has 7 heteroatoms. The van der Waals surface area contributed by atoms with Crippen LogP contribution in [0.2, 0.25) is 0 Å². The molecule has 1 N–H and O–H groups in total. The number of methoxy groups -OCH3 is 2. The molecule has 150 valence electrons. The molecule has 0 aliphatic rings. The molecule has 0 saturated carbocycles. The van der Waals surface area contributed by atoms with Gasteiger partial charge < -0.3 is 19.5 Å². The molecule has 0 aliphatic carbocycles. The summed E-state index contributed by atoms with van der Waals surface area (Å²) >= 11 is 1.60. The number of rotatable bonds is 8. The van der Waals surface area contributed by atoms with Gasteiger partial charge in [0, 0.05) is 35.3 Å². The summed E-state index contributed by atoms with van der Waals surface area (Å²) in [5, 5.41) is 5.81. The normalized spacial score (nSPS) is 10.7. The van der Waals surface area contributed by atoms with E-state index in [9.17, 15) is 4.79 Å². The Hall–Kier alpha value is -3.32. The third kappa shape index (κ3) is 6.08. The van der Waals surface area contributed by atoms with E-state index in [1.807, 2.05) is 36.6 Å². The zero-order valence-corrected chi connectivity index (χ0v) is 17.3. The van der Waals surface area contributed by atoms with Crippen molar-refractivity contribution in [3.8, 4) is 17.2 Å². The minimum absolute atomic E-state index is 0.250. The second-order valence-corrected chi connectivity index (χ2v) is 7.20. The number of thiazole rings is 1. The number of hydrogen-bond acceptors (Lipinski definition) is 6. The summed E-state index contributed by atoms with van der Waals surface area (Å²) < 4.78 is 16.1. The van der Waals surface area contributed by atoms with E-state index in [1.165, 1.54) is 6.08 Å². The summed E-state index contributed by atoms with van der Waals surface area (Å²) in [5.41, 5.74) is 2.40. The van der Waals surface area contributed by atoms with Crippen LogP contribution in [0.3, 0.4) is 0 Å². The van der Waals surface area contributed by atoms with Crippen molar-refractivity contribution in [2.24, 2.45) is 0 Å². The van der Waals surface area contributed by atoms with Gasteiger partial charge in [0.25, 0.3) is 0 Å². The molecule has 0 spiro atoms. The Morgan fingerprint density at radius 1 is 1.07 bits per heavy atom. The maximum Gasteiger partial charge on any atom is 0.248 e. The van der Waals surface area contributed by atoms with Gasteiger partial charge in [0.2, 0.25) is 5.91 Å². The lowest BCUT2D eigenvalue weighted by atomic mass is 10.2. The third-order valence-electron chi connectivity index (χ3n) is 3.98. The number of ether oxygens (including phenoxy) is 3. The number of carbonyl (C=O) groups excluding carboxylic acids is 1. The summed E-state index contributed by atoms with van der Waals surface area (Å²) in [6.07, 6.45) is 3.21. The quantitative estimate of drug-likeness (QED) is 0.545. The van der Waals surface area contributed by atoms with Gasteiger partial charge in [-0.05, 0) is 30.7 Å². The second-order valence-electron chi connectivity index (χ2n) is 6.14. The molecule has 2 aromatic carbocycles. The van der Waals surface area contributed by atoms with E-state index in [2.05, 4.69) is 10.3 Å². The molecule has 0 atom stereocenters. The van der Waals surface area contributed by atoms with Gasteiger partial charge in [-0.2, -0.15) is 0 Å². The lowest BCUT2D eigenvalue weighted by molar-refractivity contribution is -0.111. The number of hydrogen-bond donors (Lipinski definition) is 1. The van der Waals surface area contributed by atoms with E-state index in [0.717, 1.165) is 22.0 Å². The predicted molar refractivity (Wildman–Crippen MR) is 115 cm³/mol. The van der Waals surface area contributed by atoms with Gasteiger partial charge in [-0.1, -0.05) is 12.1 Å². The van der Waals surface area contributed by atoms with Crippen LogP contribution in [-0.2, 0) is 11.4 Å². The van der Waals surface area contributed by atoms with Crippen molar-refractivity contribution in [1.82, 2.24) is 4.98 Å². The lowest BCUT2D eigenvalue weighted by Crippen LogP contribution is -2.08. The van der Waals surface area contributed by atoms with Gasteiger partial charge in [-0.15, -0.1) is 11.3 Å². The van der Waals surface area contributed by atoms with Crippen LogP contribution in [0.5, 0.6) is 17.2 Å². The highest BCUT2D eigenvalue weighted by atomic mass is 32.1. The number of aromatic nitrogens is 1. The standard InChI is InChI=1S/C22H22N2O4S/c1-15-23-18(14-29-15)13-28-19-7-4-16(5-8-19)6-9-22(25)24-17-10-20(26-2)12-21(11-17)27-3/h4-12,14H,13H2,1-3H3,(H,24,25)/b9-6-. The molecule has 0 fully saturated rings. The number of nitrogens with one attached hydrogen (secondary N) is 1. The van der Waals surface area contributed by atoms with E-state index >= 15 is 0 Å². The summed E-state index contributed by atoms with van der Waals surface area (Å²) in [6, 6.07) is 12.7. The Kier molecular flexibility index (Phi) is 6.86. The van der Waals surface area contributed by atoms with E-state index in [0.29, 0.717) is 23.8 Å². The van der Waals surface area contributed by atoms with Crippen molar-refractivity contribution in [1.29, 1.82) is 0 Å². The topological polar surface area (TPSA) is 69.7 Å². The van der Waals surface area contributed by atoms with Crippen molar-refractivity contribution in [2.75, 3.05) is 19.5 Å². The lowest BCUT2D eigenvalue weighted by Gasteiger charge is -2.08. The molecule has 6 nitrogen and oxygen atoms in total. The van der Waals surface area contributed by atoms with E-state index < -0.39 is 0 Å². The highest BCUT2D eigenvalue weighted by Gasteiger charge is 2.04. The highest BCUT2D eigenvalue weighted by molar-refractivity contribution is 7.09. The van der Waals surface area contributed by atoms with E-state index in [-0.39, 0.29) is 5.91 Å². The molecule has 3 rings (SSSR count). The minimum atomic E-state index is -0.250. The van der Waals surface area contributed by atoms with Gasteiger partial charge in [-0.25, -0.2) is 4.98 Å². The largest absolute Gasteiger partial charge is 0.497 e. The molecule has 29 heavy (non-hydrogen) atoms. The number of aryl methyl sites for hydroxylation is 1. The summed E-state index contributed by atoms with van der Waals surface area (Å²) in [6.45, 7) is 2.40. The van der Waals surface area contributed by atoms with Crippen molar-refractivity contribution in [3.63, 3.8) is 0 Å². The molecule has 0 radical (unpaired) electrons. The maximum absolute atomic E-state index is 12.2. The first-order valence-electron chi connectivity index (χ1n) is 8.92. The molecule has 0 bridgehead atoms. The summed E-state index contributed by atoms with van der Waals surface area (Å²) in [4.78, 5) is 16.6. The van der Waals surface area contributed by atoms with Crippen molar-refractivity contribution < 1.29 is 19.0 Å². The fourth-order valence-electron chi connectivity index (χ4n) is 2.54. The first-order valence-corrected chi connectivity index (χ1v) is 9.79. The van der Waals surface area contributed by atoms with Crippen LogP contribution in [0.15, 0.2) is 53.9 Å². The maximum atomic E-state index is 12.2. The SMILES string of the molecule is COc1cc(NC(=O)/C=C\c2ccc(OCc3csc(C)n3)cc2)cc(OC)c1. The number of benzene rings is 2. The first kappa shape index (κ1) is 20.4. The van der Waals surface area contributed by atoms with E-state index in [4.69, 9.17) is 14.2 Å². The predicted octanol–water partition coefficient (Wildman–Crippen LogP) is 4.70. The molecular formula is C22H22N2O4S. The minimum Gasteiger partial charge on any atom is -0.497 e. The third-order valence-corrected chi connectivity index (χ3v) is 4.80. The smallest absolute Gasteiger partial charge is 0.248 e. The van der Waals surface area contributed by atoms with E-state index in [1.54, 1.807) is 49.8 Å². The molecular weight excluding hydrogens is 388 g/mol. The molecule has 0 aliphatic heterocycles. The highest BCUT2D eigenvalue weighted by Crippen LogP contribution is 2.25. The first-order chi connectivity index (χ1) is 14.1. The Balaban J connectivity index is 1.56. The van der Waals surface area contributed by atoms with Crippen LogP contribution in [-0.4, -0.2) is 25.1 Å². The van der Waals surface area contributed by atoms with Crippen LogP contribution in [0.25, 0.3) is 6.08 Å². The van der Waals surface area contributed by atoms with Crippen LogP contribution in [0, 0.1) is 6.92 Å². The zero-order valence-electron chi connectivity index (χ0n) is 16.5. The average molecular weight is 410 g/mol. The molecule has 3 aromatic rings. The van der Waals surface area contributed by atoms with Crippen LogP contribution >= 0.6 is 11.3 Å². The van der Waals surface area contributed by atoms with Gasteiger partial charge >= 0.3 is 0 Å². The van der Waals surface area contributed by atoms with Gasteiger partial charge in [0.15, 0.2) is 0 Å². The fourth-order valence-corrected chi connectivity index (χ4v) is 3.14. The Labute approximate surface area is 173 Å². The number of amides is 1. The van der Waals surface area contributed by atoms with Crippen LogP contribution < -0.4 is 19.5 Å². The second kappa shape index (κ2) is 9.75. The van der Waals surface area contributed by atoms with Gasteiger partial charge in [-0.3, -0.25) is 4.79 Å². The molecule has 1 amide bonds. The van der Waals surface area contributed by atoms with Gasteiger partial charge in [0.1, 0.15) is 23.9 Å². The van der Waals surface area contributed by atoms with Crippen molar-refractivity contribution >= 4 is 29.0 Å². The summed E-state index contributed by atoms with van der Waals surface area (Å²) in [7, 11) is 3.12. The number of anilines is 1. The number of carbonyl (C=O) groups is 1. The molecule has 1 aromatic heterocycles. The fraction of sp³-hybridized carbons (Fsp3) is 0.182. The molecule has 0 saturated heterocycles. The average Bonchev–Trinajstić information content (AvgIpc) is 3.16. The number of nitrogens with zero attached hydrogens (tertiary/aromatic N) is 1. The Morgan fingerprint density at radius 2 is 1.76 bits per heavy atom. The van der Waals surface area contributed by atoms with Crippen LogP contribution in [0.1, 0.15) is 16.3 Å². The summed E-state index contributed by atoms with van der Waals surface area (Å²) in [5.74, 6) is 1.71. The Bertz CT molecular complexity index is 974.